The number of amides is 1. The second-order valence-electron chi connectivity index (χ2n) is 4.14. The highest BCUT2D eigenvalue weighted by Crippen LogP contribution is 2.17. The Morgan fingerprint density at radius 3 is 3.25 bits per heavy atom. The van der Waals surface area contributed by atoms with E-state index in [1.165, 1.54) is 0 Å². The predicted molar refractivity (Wildman–Crippen MR) is 59.1 cm³/mol. The van der Waals surface area contributed by atoms with Gasteiger partial charge in [0.15, 0.2) is 5.69 Å². The minimum Gasteiger partial charge on any atom is -0.360 e. The van der Waals surface area contributed by atoms with Gasteiger partial charge in [-0.05, 0) is 13.3 Å². The number of nitrogens with one attached hydrogen (secondary N) is 2. The molecule has 5 nitrogen and oxygen atoms in total. The maximum Gasteiger partial charge on any atom is 0.274 e. The molecule has 0 spiro atoms. The number of nitrogens with zero attached hydrogens (tertiary/aromatic N) is 1. The Morgan fingerprint density at radius 1 is 1.69 bits per heavy atom. The molecule has 1 atom stereocenters. The average molecular weight is 223 g/mol. The Hall–Kier alpha value is -1.36. The van der Waals surface area contributed by atoms with Crippen molar-refractivity contribution in [2.24, 2.45) is 0 Å². The Bertz CT molecular complexity index is 387. The number of aromatic nitrogens is 1. The van der Waals surface area contributed by atoms with Gasteiger partial charge in [0.1, 0.15) is 5.76 Å². The van der Waals surface area contributed by atoms with Crippen LogP contribution in [0.3, 0.4) is 0 Å². The first-order chi connectivity index (χ1) is 7.72. The Morgan fingerprint density at radius 2 is 2.50 bits per heavy atom. The molecule has 1 amide bonds. The van der Waals surface area contributed by atoms with Crippen LogP contribution in [-0.4, -0.2) is 23.7 Å². The molecule has 16 heavy (non-hydrogen) atoms. The van der Waals surface area contributed by atoms with E-state index in [4.69, 9.17) is 4.52 Å². The summed E-state index contributed by atoms with van der Waals surface area (Å²) in [7, 11) is 0. The average Bonchev–Trinajstić information content (AvgIpc) is 2.72. The van der Waals surface area contributed by atoms with Crippen LogP contribution >= 0.6 is 0 Å². The molecule has 2 heterocycles. The van der Waals surface area contributed by atoms with E-state index < -0.39 is 0 Å². The number of carbonyl (C=O) groups is 1. The fraction of sp³-hybridized carbons (Fsp3) is 0.636. The van der Waals surface area contributed by atoms with Gasteiger partial charge < -0.3 is 15.2 Å². The summed E-state index contributed by atoms with van der Waals surface area (Å²) in [5.74, 6) is 0.705. The zero-order valence-electron chi connectivity index (χ0n) is 9.67. The molecule has 1 aliphatic rings. The van der Waals surface area contributed by atoms with E-state index in [9.17, 15) is 4.79 Å². The third-order valence-electron chi connectivity index (χ3n) is 2.91. The predicted octanol–water partition coefficient (Wildman–Crippen LogP) is 0.849. The van der Waals surface area contributed by atoms with Crippen molar-refractivity contribution < 1.29 is 9.32 Å². The third-order valence-corrected chi connectivity index (χ3v) is 2.91. The molecule has 1 aliphatic heterocycles. The van der Waals surface area contributed by atoms with E-state index in [0.29, 0.717) is 12.2 Å². The highest BCUT2D eigenvalue weighted by atomic mass is 16.5. The fourth-order valence-corrected chi connectivity index (χ4v) is 1.71. The van der Waals surface area contributed by atoms with Gasteiger partial charge in [0.05, 0.1) is 0 Å². The van der Waals surface area contributed by atoms with Crippen molar-refractivity contribution in [1.82, 2.24) is 15.8 Å². The van der Waals surface area contributed by atoms with E-state index in [2.05, 4.69) is 15.8 Å². The molecule has 88 valence electrons. The molecule has 0 aliphatic carbocycles. The number of hydrogen-bond donors (Lipinski definition) is 2. The van der Waals surface area contributed by atoms with Gasteiger partial charge in [-0.3, -0.25) is 4.79 Å². The van der Waals surface area contributed by atoms with Crippen LogP contribution in [0.15, 0.2) is 4.52 Å². The summed E-state index contributed by atoms with van der Waals surface area (Å²) in [6.45, 7) is 5.56. The third kappa shape index (κ3) is 2.09. The monoisotopic (exact) mass is 223 g/mol. The summed E-state index contributed by atoms with van der Waals surface area (Å²) < 4.78 is 5.17. The SMILES string of the molecule is CCC(C)NC(=O)c1noc2c1CNCC2. The van der Waals surface area contributed by atoms with Crippen molar-refractivity contribution in [3.05, 3.63) is 17.0 Å². The lowest BCUT2D eigenvalue weighted by molar-refractivity contribution is 0.0929. The van der Waals surface area contributed by atoms with E-state index in [1.54, 1.807) is 0 Å². The molecule has 0 fully saturated rings. The van der Waals surface area contributed by atoms with Gasteiger partial charge in [-0.2, -0.15) is 0 Å². The Labute approximate surface area is 94.6 Å². The normalized spacial score (nSPS) is 16.6. The molecule has 1 unspecified atom stereocenters. The van der Waals surface area contributed by atoms with Gasteiger partial charge in [-0.15, -0.1) is 0 Å². The van der Waals surface area contributed by atoms with Gasteiger partial charge in [-0.25, -0.2) is 0 Å². The quantitative estimate of drug-likeness (QED) is 0.797. The molecule has 1 aromatic rings. The Balaban J connectivity index is 2.14. The molecule has 5 heteroatoms. The summed E-state index contributed by atoms with van der Waals surface area (Å²) >= 11 is 0. The van der Waals surface area contributed by atoms with Gasteiger partial charge in [0, 0.05) is 31.1 Å². The number of carbonyl (C=O) groups excluding carboxylic acids is 1. The number of rotatable bonds is 3. The van der Waals surface area contributed by atoms with E-state index in [0.717, 1.165) is 30.7 Å². The summed E-state index contributed by atoms with van der Waals surface area (Å²) in [6.07, 6.45) is 1.71. The van der Waals surface area contributed by atoms with Gasteiger partial charge in [0.2, 0.25) is 0 Å². The molecule has 0 radical (unpaired) electrons. The standard InChI is InChI=1S/C11H17N3O2/c1-3-7(2)13-11(15)10-8-6-12-5-4-9(8)16-14-10/h7,12H,3-6H2,1-2H3,(H,13,15). The van der Waals surface area contributed by atoms with Gasteiger partial charge in [-0.1, -0.05) is 12.1 Å². The summed E-state index contributed by atoms with van der Waals surface area (Å²) in [4.78, 5) is 11.9. The Kier molecular flexibility index (Phi) is 3.24. The first-order valence-electron chi connectivity index (χ1n) is 5.71. The highest BCUT2D eigenvalue weighted by molar-refractivity contribution is 5.94. The zero-order valence-corrected chi connectivity index (χ0v) is 9.67. The summed E-state index contributed by atoms with van der Waals surface area (Å²) in [5, 5.41) is 9.96. The lowest BCUT2D eigenvalue weighted by atomic mass is 10.1. The molecule has 1 aromatic heterocycles. The molecular weight excluding hydrogens is 206 g/mol. The van der Waals surface area contributed by atoms with E-state index >= 15 is 0 Å². The van der Waals surface area contributed by atoms with Gasteiger partial charge in [0.25, 0.3) is 5.91 Å². The van der Waals surface area contributed by atoms with Crippen LogP contribution in [0.5, 0.6) is 0 Å². The maximum atomic E-state index is 11.9. The van der Waals surface area contributed by atoms with Crippen LogP contribution in [0, 0.1) is 0 Å². The maximum absolute atomic E-state index is 11.9. The molecule has 0 saturated carbocycles. The second-order valence-corrected chi connectivity index (χ2v) is 4.14. The highest BCUT2D eigenvalue weighted by Gasteiger charge is 2.24. The minimum atomic E-state index is -0.136. The van der Waals surface area contributed by atoms with Crippen molar-refractivity contribution in [2.75, 3.05) is 6.54 Å². The molecule has 2 rings (SSSR count). The van der Waals surface area contributed by atoms with Crippen molar-refractivity contribution in [3.8, 4) is 0 Å². The first-order valence-corrected chi connectivity index (χ1v) is 5.71. The topological polar surface area (TPSA) is 67.2 Å². The molecule has 0 aromatic carbocycles. The van der Waals surface area contributed by atoms with Crippen LogP contribution < -0.4 is 10.6 Å². The fourth-order valence-electron chi connectivity index (χ4n) is 1.71. The lowest BCUT2D eigenvalue weighted by Gasteiger charge is -2.13. The lowest BCUT2D eigenvalue weighted by Crippen LogP contribution is -2.33. The van der Waals surface area contributed by atoms with Crippen molar-refractivity contribution in [1.29, 1.82) is 0 Å². The van der Waals surface area contributed by atoms with Crippen molar-refractivity contribution in [2.45, 2.75) is 39.3 Å². The first kappa shape index (κ1) is 11.1. The number of fused-ring (bicyclic) bond motifs is 1. The summed E-state index contributed by atoms with van der Waals surface area (Å²) in [5.41, 5.74) is 1.34. The minimum absolute atomic E-state index is 0.136. The zero-order chi connectivity index (χ0) is 11.5. The molecule has 0 saturated heterocycles. The van der Waals surface area contributed by atoms with Crippen molar-refractivity contribution >= 4 is 5.91 Å². The largest absolute Gasteiger partial charge is 0.360 e. The second kappa shape index (κ2) is 4.65. The molecular formula is C11H17N3O2. The van der Waals surface area contributed by atoms with Crippen LogP contribution in [-0.2, 0) is 13.0 Å². The van der Waals surface area contributed by atoms with E-state index in [1.807, 2.05) is 13.8 Å². The molecule has 2 N–H and O–H groups in total. The van der Waals surface area contributed by atoms with E-state index in [-0.39, 0.29) is 11.9 Å². The molecule has 0 bridgehead atoms. The summed E-state index contributed by atoms with van der Waals surface area (Å²) in [6, 6.07) is 0.163. The van der Waals surface area contributed by atoms with Crippen LogP contribution in [0.25, 0.3) is 0 Å². The van der Waals surface area contributed by atoms with Crippen molar-refractivity contribution in [3.63, 3.8) is 0 Å². The smallest absolute Gasteiger partial charge is 0.274 e. The van der Waals surface area contributed by atoms with Crippen LogP contribution in [0.2, 0.25) is 0 Å². The van der Waals surface area contributed by atoms with Crippen LogP contribution in [0.4, 0.5) is 0 Å². The number of hydrogen-bond acceptors (Lipinski definition) is 4. The van der Waals surface area contributed by atoms with Gasteiger partial charge >= 0.3 is 0 Å². The van der Waals surface area contributed by atoms with Crippen LogP contribution in [0.1, 0.15) is 42.1 Å².